The molecule has 1 rings (SSSR count). The van der Waals surface area contributed by atoms with Gasteiger partial charge in [-0.1, -0.05) is 6.92 Å². The number of anilines is 1. The summed E-state index contributed by atoms with van der Waals surface area (Å²) in [5.74, 6) is 5.06. The van der Waals surface area contributed by atoms with Crippen molar-refractivity contribution in [1.29, 1.82) is 0 Å². The number of hydrogen-bond donors (Lipinski definition) is 2. The number of halogens is 1. The molecule has 0 amide bonds. The van der Waals surface area contributed by atoms with Crippen LogP contribution in [0.15, 0.2) is 0 Å². The molecule has 0 spiro atoms. The van der Waals surface area contributed by atoms with E-state index in [0.717, 1.165) is 0 Å². The summed E-state index contributed by atoms with van der Waals surface area (Å²) in [6.07, 6.45) is 0.679. The molecule has 1 heterocycles. The minimum atomic E-state index is -0.635. The van der Waals surface area contributed by atoms with Crippen molar-refractivity contribution in [3.05, 3.63) is 17.3 Å². The van der Waals surface area contributed by atoms with Gasteiger partial charge in [0.1, 0.15) is 5.60 Å². The van der Waals surface area contributed by atoms with E-state index in [9.17, 15) is 4.39 Å². The second kappa shape index (κ2) is 4.71. The summed E-state index contributed by atoms with van der Waals surface area (Å²) >= 11 is 0. The average Bonchev–Trinajstić information content (AvgIpc) is 2.31. The van der Waals surface area contributed by atoms with E-state index in [2.05, 4.69) is 15.4 Å². The molecule has 0 aliphatic rings. The first-order valence-corrected chi connectivity index (χ1v) is 5.05. The molecule has 0 aliphatic heterocycles. The van der Waals surface area contributed by atoms with Crippen LogP contribution in [-0.2, 0) is 10.3 Å². The highest BCUT2D eigenvalue weighted by molar-refractivity contribution is 5.37. The summed E-state index contributed by atoms with van der Waals surface area (Å²) in [5, 5.41) is 0. The number of aryl methyl sites for hydroxylation is 1. The van der Waals surface area contributed by atoms with Crippen molar-refractivity contribution in [2.75, 3.05) is 12.5 Å². The van der Waals surface area contributed by atoms with Crippen LogP contribution >= 0.6 is 0 Å². The number of nitrogens with two attached hydrogens (primary N) is 1. The molecule has 90 valence electrons. The fraction of sp³-hybridized carbons (Fsp3) is 0.600. The fourth-order valence-corrected chi connectivity index (χ4v) is 1.29. The SMILES string of the molecule is CCC(C)(OC)c1nc(C)c(F)c(NN)n1. The van der Waals surface area contributed by atoms with Crippen LogP contribution in [0.4, 0.5) is 10.2 Å². The molecule has 6 heteroatoms. The topological polar surface area (TPSA) is 73.1 Å². The Morgan fingerprint density at radius 3 is 2.56 bits per heavy atom. The molecule has 1 unspecified atom stereocenters. The Kier molecular flexibility index (Phi) is 3.77. The van der Waals surface area contributed by atoms with Crippen molar-refractivity contribution in [1.82, 2.24) is 9.97 Å². The Balaban J connectivity index is 3.30. The minimum Gasteiger partial charge on any atom is -0.371 e. The van der Waals surface area contributed by atoms with Crippen molar-refractivity contribution >= 4 is 5.82 Å². The van der Waals surface area contributed by atoms with E-state index in [1.807, 2.05) is 13.8 Å². The van der Waals surface area contributed by atoms with Crippen molar-refractivity contribution in [3.63, 3.8) is 0 Å². The standard InChI is InChI=1S/C10H17FN4O/c1-5-10(3,16-4)9-13-6(2)7(11)8(14-9)15-12/h5,12H2,1-4H3,(H,13,14,15). The van der Waals surface area contributed by atoms with Gasteiger partial charge in [-0.3, -0.25) is 0 Å². The van der Waals surface area contributed by atoms with Crippen molar-refractivity contribution in [2.24, 2.45) is 5.84 Å². The lowest BCUT2D eigenvalue weighted by atomic mass is 10.0. The average molecular weight is 228 g/mol. The lowest BCUT2D eigenvalue weighted by Crippen LogP contribution is -2.28. The molecule has 0 aliphatic carbocycles. The van der Waals surface area contributed by atoms with Crippen molar-refractivity contribution < 1.29 is 9.13 Å². The summed E-state index contributed by atoms with van der Waals surface area (Å²) < 4.78 is 18.8. The van der Waals surface area contributed by atoms with Gasteiger partial charge in [0.25, 0.3) is 0 Å². The maximum Gasteiger partial charge on any atom is 0.187 e. The molecule has 0 fully saturated rings. The molecule has 5 nitrogen and oxygen atoms in total. The molecule has 1 aromatic heterocycles. The van der Waals surface area contributed by atoms with Crippen LogP contribution in [-0.4, -0.2) is 17.1 Å². The van der Waals surface area contributed by atoms with E-state index in [-0.39, 0.29) is 11.5 Å². The number of hydrogen-bond acceptors (Lipinski definition) is 5. The molecule has 0 saturated heterocycles. The second-order valence-electron chi connectivity index (χ2n) is 3.73. The molecule has 0 bridgehead atoms. The van der Waals surface area contributed by atoms with E-state index >= 15 is 0 Å². The minimum absolute atomic E-state index is 0.0146. The van der Waals surface area contributed by atoms with E-state index in [1.165, 1.54) is 0 Å². The van der Waals surface area contributed by atoms with E-state index in [4.69, 9.17) is 10.6 Å². The summed E-state index contributed by atoms with van der Waals surface area (Å²) in [5.41, 5.74) is 1.83. The first-order chi connectivity index (χ1) is 7.48. The summed E-state index contributed by atoms with van der Waals surface area (Å²) in [6, 6.07) is 0. The second-order valence-corrected chi connectivity index (χ2v) is 3.73. The van der Waals surface area contributed by atoms with E-state index < -0.39 is 11.4 Å². The first kappa shape index (κ1) is 12.8. The van der Waals surface area contributed by atoms with Gasteiger partial charge < -0.3 is 10.2 Å². The molecule has 0 aromatic carbocycles. The van der Waals surface area contributed by atoms with E-state index in [0.29, 0.717) is 12.2 Å². The number of nitrogen functional groups attached to an aromatic ring is 1. The Hall–Kier alpha value is -1.27. The summed E-state index contributed by atoms with van der Waals surface area (Å²) in [6.45, 7) is 5.36. The zero-order chi connectivity index (χ0) is 12.3. The van der Waals surface area contributed by atoms with Crippen LogP contribution in [0.5, 0.6) is 0 Å². The van der Waals surface area contributed by atoms with Crippen LogP contribution in [0, 0.1) is 12.7 Å². The quantitative estimate of drug-likeness (QED) is 0.603. The molecule has 16 heavy (non-hydrogen) atoms. The molecule has 3 N–H and O–H groups in total. The van der Waals surface area contributed by atoms with Gasteiger partial charge in [-0.05, 0) is 20.3 Å². The predicted molar refractivity (Wildman–Crippen MR) is 59.2 cm³/mol. The summed E-state index contributed by atoms with van der Waals surface area (Å²) in [4.78, 5) is 8.11. The maximum absolute atomic E-state index is 13.5. The van der Waals surface area contributed by atoms with Gasteiger partial charge in [0, 0.05) is 7.11 Å². The van der Waals surface area contributed by atoms with Gasteiger partial charge in [0.2, 0.25) is 0 Å². The highest BCUT2D eigenvalue weighted by atomic mass is 19.1. The molecule has 0 radical (unpaired) electrons. The molecule has 1 atom stereocenters. The van der Waals surface area contributed by atoms with Crippen molar-refractivity contribution in [3.8, 4) is 0 Å². The maximum atomic E-state index is 13.5. The molecular formula is C10H17FN4O. The van der Waals surface area contributed by atoms with Gasteiger partial charge in [0.05, 0.1) is 5.69 Å². The van der Waals surface area contributed by atoms with E-state index in [1.54, 1.807) is 14.0 Å². The zero-order valence-electron chi connectivity index (χ0n) is 9.97. The molecule has 0 saturated carbocycles. The third kappa shape index (κ3) is 2.12. The van der Waals surface area contributed by atoms with Crippen LogP contribution in [0.1, 0.15) is 31.8 Å². The van der Waals surface area contributed by atoms with Gasteiger partial charge in [-0.2, -0.15) is 0 Å². The van der Waals surface area contributed by atoms with Crippen LogP contribution in [0.25, 0.3) is 0 Å². The Labute approximate surface area is 94.2 Å². The number of nitrogens with zero attached hydrogens (tertiary/aromatic N) is 2. The Morgan fingerprint density at radius 2 is 2.12 bits per heavy atom. The zero-order valence-corrected chi connectivity index (χ0v) is 9.97. The lowest BCUT2D eigenvalue weighted by Gasteiger charge is -2.25. The first-order valence-electron chi connectivity index (χ1n) is 5.05. The number of nitrogens with one attached hydrogen (secondary N) is 1. The molecule has 1 aromatic rings. The van der Waals surface area contributed by atoms with Crippen LogP contribution in [0.3, 0.4) is 0 Å². The van der Waals surface area contributed by atoms with Gasteiger partial charge in [-0.25, -0.2) is 20.2 Å². The highest BCUT2D eigenvalue weighted by Crippen LogP contribution is 2.27. The Bertz CT molecular complexity index is 379. The Morgan fingerprint density at radius 1 is 1.50 bits per heavy atom. The van der Waals surface area contributed by atoms with Gasteiger partial charge >= 0.3 is 0 Å². The number of hydrazine groups is 1. The highest BCUT2D eigenvalue weighted by Gasteiger charge is 2.29. The lowest BCUT2D eigenvalue weighted by molar-refractivity contribution is -0.00913. The van der Waals surface area contributed by atoms with Crippen LogP contribution < -0.4 is 11.3 Å². The van der Waals surface area contributed by atoms with Gasteiger partial charge in [0.15, 0.2) is 17.5 Å². The third-order valence-electron chi connectivity index (χ3n) is 2.75. The number of methoxy groups -OCH3 is 1. The summed E-state index contributed by atoms with van der Waals surface area (Å²) in [7, 11) is 1.57. The normalized spacial score (nSPS) is 14.6. The van der Waals surface area contributed by atoms with Crippen molar-refractivity contribution in [2.45, 2.75) is 32.8 Å². The monoisotopic (exact) mass is 228 g/mol. The number of aromatic nitrogens is 2. The predicted octanol–water partition coefficient (Wildman–Crippen LogP) is 1.48. The van der Waals surface area contributed by atoms with Crippen LogP contribution in [0.2, 0.25) is 0 Å². The largest absolute Gasteiger partial charge is 0.371 e. The van der Waals surface area contributed by atoms with Gasteiger partial charge in [-0.15, -0.1) is 0 Å². The fourth-order valence-electron chi connectivity index (χ4n) is 1.29. The number of ether oxygens (including phenoxy) is 1. The number of rotatable bonds is 4. The molecular weight excluding hydrogens is 211 g/mol. The third-order valence-corrected chi connectivity index (χ3v) is 2.75. The smallest absolute Gasteiger partial charge is 0.187 e.